The van der Waals surface area contributed by atoms with E-state index < -0.39 is 0 Å². The summed E-state index contributed by atoms with van der Waals surface area (Å²) in [5, 5.41) is 4.42. The molecular formula is C22H19N5. The van der Waals surface area contributed by atoms with Gasteiger partial charge in [0.2, 0.25) is 5.95 Å². The number of hydrogen-bond donors (Lipinski definition) is 1. The van der Waals surface area contributed by atoms with Crippen molar-refractivity contribution >= 4 is 34.0 Å². The number of para-hydroxylation sites is 2. The molecule has 1 atom stereocenters. The van der Waals surface area contributed by atoms with Crippen LogP contribution in [0.5, 0.6) is 0 Å². The summed E-state index contributed by atoms with van der Waals surface area (Å²) in [7, 11) is 0. The van der Waals surface area contributed by atoms with E-state index in [0.717, 1.165) is 28.8 Å². The second-order valence-corrected chi connectivity index (χ2v) is 6.80. The van der Waals surface area contributed by atoms with Gasteiger partial charge in [-0.1, -0.05) is 36.4 Å². The summed E-state index contributed by atoms with van der Waals surface area (Å²) in [5.41, 5.74) is 4.40. The molecule has 0 saturated carbocycles. The zero-order valence-corrected chi connectivity index (χ0v) is 15.0. The third-order valence-electron chi connectivity index (χ3n) is 4.97. The second kappa shape index (κ2) is 6.36. The first-order chi connectivity index (χ1) is 13.3. The summed E-state index contributed by atoms with van der Waals surface area (Å²) >= 11 is 0. The van der Waals surface area contributed by atoms with Crippen molar-refractivity contribution in [3.05, 3.63) is 78.6 Å². The fourth-order valence-corrected chi connectivity index (χ4v) is 3.78. The highest BCUT2D eigenvalue weighted by Crippen LogP contribution is 2.37. The number of nitrogens with zero attached hydrogens (tertiary/aromatic N) is 4. The van der Waals surface area contributed by atoms with Crippen molar-refractivity contribution < 1.29 is 0 Å². The fourth-order valence-electron chi connectivity index (χ4n) is 3.78. The van der Waals surface area contributed by atoms with Gasteiger partial charge in [-0.2, -0.15) is 4.98 Å². The van der Waals surface area contributed by atoms with Gasteiger partial charge in [0.25, 0.3) is 0 Å². The number of aromatic nitrogens is 3. The van der Waals surface area contributed by atoms with Crippen LogP contribution in [0.25, 0.3) is 10.9 Å². The molecule has 0 aliphatic carbocycles. The third-order valence-corrected chi connectivity index (χ3v) is 4.97. The molecule has 0 amide bonds. The Bertz CT molecular complexity index is 1120. The van der Waals surface area contributed by atoms with Crippen molar-refractivity contribution in [3.63, 3.8) is 0 Å². The van der Waals surface area contributed by atoms with Crippen LogP contribution in [0.15, 0.2) is 73.1 Å². The second-order valence-electron chi connectivity index (χ2n) is 6.80. The largest absolute Gasteiger partial charge is 0.323 e. The quantitative estimate of drug-likeness (QED) is 0.570. The molecule has 5 nitrogen and oxygen atoms in total. The lowest BCUT2D eigenvalue weighted by Gasteiger charge is -2.24. The molecule has 5 rings (SSSR count). The van der Waals surface area contributed by atoms with Gasteiger partial charge in [0, 0.05) is 29.5 Å². The first-order valence-electron chi connectivity index (χ1n) is 9.10. The van der Waals surface area contributed by atoms with E-state index in [1.807, 2.05) is 36.4 Å². The van der Waals surface area contributed by atoms with Gasteiger partial charge in [-0.05, 0) is 43.2 Å². The average molecular weight is 353 g/mol. The maximum Gasteiger partial charge on any atom is 0.229 e. The predicted octanol–water partition coefficient (Wildman–Crippen LogP) is 4.85. The van der Waals surface area contributed by atoms with E-state index in [1.165, 1.54) is 11.3 Å². The summed E-state index contributed by atoms with van der Waals surface area (Å²) in [6.45, 7) is 2.23. The molecule has 27 heavy (non-hydrogen) atoms. The number of fused-ring (bicyclic) bond motifs is 2. The van der Waals surface area contributed by atoms with Crippen molar-refractivity contribution in [3.8, 4) is 0 Å². The van der Waals surface area contributed by atoms with E-state index in [4.69, 9.17) is 4.98 Å². The maximum atomic E-state index is 4.78. The van der Waals surface area contributed by atoms with Crippen LogP contribution in [-0.2, 0) is 6.42 Å². The third kappa shape index (κ3) is 2.77. The van der Waals surface area contributed by atoms with Gasteiger partial charge in [-0.3, -0.25) is 4.98 Å². The number of pyridine rings is 1. The molecule has 1 aliphatic rings. The Balaban J connectivity index is 1.51. The summed E-state index contributed by atoms with van der Waals surface area (Å²) < 4.78 is 0. The van der Waals surface area contributed by atoms with E-state index in [1.54, 1.807) is 12.4 Å². The molecule has 1 aliphatic heterocycles. The highest BCUT2D eigenvalue weighted by Gasteiger charge is 2.27. The van der Waals surface area contributed by atoms with Crippen LogP contribution in [0.4, 0.5) is 23.1 Å². The van der Waals surface area contributed by atoms with Crippen molar-refractivity contribution in [2.45, 2.75) is 19.4 Å². The van der Waals surface area contributed by atoms with Gasteiger partial charge in [-0.25, -0.2) is 4.98 Å². The van der Waals surface area contributed by atoms with E-state index >= 15 is 0 Å². The van der Waals surface area contributed by atoms with Gasteiger partial charge < -0.3 is 10.2 Å². The van der Waals surface area contributed by atoms with Crippen LogP contribution < -0.4 is 10.2 Å². The van der Waals surface area contributed by atoms with Crippen LogP contribution in [0, 0.1) is 0 Å². The SMILES string of the molecule is CC1Cc2ccccc2N1c1ccnc(Nc2cccc3cccnc23)n1. The molecule has 4 aromatic rings. The van der Waals surface area contributed by atoms with Gasteiger partial charge in [0.1, 0.15) is 5.82 Å². The van der Waals surface area contributed by atoms with Crippen LogP contribution in [-0.4, -0.2) is 21.0 Å². The number of benzene rings is 2. The number of anilines is 4. The highest BCUT2D eigenvalue weighted by atomic mass is 15.3. The monoisotopic (exact) mass is 353 g/mol. The highest BCUT2D eigenvalue weighted by molar-refractivity contribution is 5.91. The van der Waals surface area contributed by atoms with E-state index in [0.29, 0.717) is 12.0 Å². The summed E-state index contributed by atoms with van der Waals surface area (Å²) in [5.74, 6) is 1.47. The minimum absolute atomic E-state index is 0.365. The van der Waals surface area contributed by atoms with Crippen LogP contribution >= 0.6 is 0 Å². The molecule has 0 spiro atoms. The molecule has 3 heterocycles. The molecule has 0 radical (unpaired) electrons. The van der Waals surface area contributed by atoms with Gasteiger partial charge in [0.15, 0.2) is 0 Å². The number of nitrogens with one attached hydrogen (secondary N) is 1. The van der Waals surface area contributed by atoms with Crippen molar-refractivity contribution in [1.82, 2.24) is 15.0 Å². The lowest BCUT2D eigenvalue weighted by Crippen LogP contribution is -2.25. The molecule has 132 valence electrons. The van der Waals surface area contributed by atoms with E-state index in [-0.39, 0.29) is 0 Å². The predicted molar refractivity (Wildman–Crippen MR) is 109 cm³/mol. The molecule has 2 aromatic carbocycles. The number of hydrogen-bond acceptors (Lipinski definition) is 5. The summed E-state index contributed by atoms with van der Waals surface area (Å²) in [6.07, 6.45) is 4.63. The Morgan fingerprint density at radius 2 is 1.81 bits per heavy atom. The number of rotatable bonds is 3. The standard InChI is InChI=1S/C22H19N5/c1-15-14-17-6-2-3-10-19(17)27(15)20-11-13-24-22(26-20)25-18-9-4-7-16-8-5-12-23-21(16)18/h2-13,15H,14H2,1H3,(H,24,25,26). The maximum absolute atomic E-state index is 4.78. The molecule has 5 heteroatoms. The average Bonchev–Trinajstić information content (AvgIpc) is 3.04. The first-order valence-corrected chi connectivity index (χ1v) is 9.10. The molecule has 0 fully saturated rings. The molecule has 1 unspecified atom stereocenters. The molecule has 0 saturated heterocycles. The van der Waals surface area contributed by atoms with Crippen LogP contribution in [0.1, 0.15) is 12.5 Å². The molecule has 1 N–H and O–H groups in total. The Morgan fingerprint density at radius 1 is 0.926 bits per heavy atom. The van der Waals surface area contributed by atoms with Crippen molar-refractivity contribution in [2.75, 3.05) is 10.2 Å². The smallest absolute Gasteiger partial charge is 0.229 e. The van der Waals surface area contributed by atoms with Gasteiger partial charge >= 0.3 is 0 Å². The fraction of sp³-hybridized carbons (Fsp3) is 0.136. The van der Waals surface area contributed by atoms with Gasteiger partial charge in [-0.15, -0.1) is 0 Å². The zero-order valence-electron chi connectivity index (χ0n) is 15.0. The first kappa shape index (κ1) is 15.8. The normalized spacial score (nSPS) is 15.7. The molecule has 2 aromatic heterocycles. The lowest BCUT2D eigenvalue weighted by atomic mass is 10.1. The van der Waals surface area contributed by atoms with Crippen molar-refractivity contribution in [1.29, 1.82) is 0 Å². The lowest BCUT2D eigenvalue weighted by molar-refractivity contribution is 0.749. The van der Waals surface area contributed by atoms with Crippen molar-refractivity contribution in [2.24, 2.45) is 0 Å². The molecule has 0 bridgehead atoms. The minimum Gasteiger partial charge on any atom is -0.323 e. The van der Waals surface area contributed by atoms with Crippen LogP contribution in [0.3, 0.4) is 0 Å². The Hall–Kier alpha value is -3.47. The topological polar surface area (TPSA) is 53.9 Å². The van der Waals surface area contributed by atoms with E-state index in [2.05, 4.69) is 51.4 Å². The Morgan fingerprint density at radius 3 is 2.78 bits per heavy atom. The summed E-state index contributed by atoms with van der Waals surface area (Å²) in [4.78, 5) is 16.0. The van der Waals surface area contributed by atoms with Gasteiger partial charge in [0.05, 0.1) is 11.2 Å². The summed E-state index contributed by atoms with van der Waals surface area (Å²) in [6, 6.07) is 20.9. The minimum atomic E-state index is 0.365. The Labute approximate surface area is 157 Å². The van der Waals surface area contributed by atoms with E-state index in [9.17, 15) is 0 Å². The molecular weight excluding hydrogens is 334 g/mol. The van der Waals surface area contributed by atoms with Crippen LogP contribution in [0.2, 0.25) is 0 Å². The Kier molecular flexibility index (Phi) is 3.71. The zero-order chi connectivity index (χ0) is 18.2.